The van der Waals surface area contributed by atoms with E-state index in [0.29, 0.717) is 25.8 Å². The lowest BCUT2D eigenvalue weighted by Gasteiger charge is -2.29. The highest BCUT2D eigenvalue weighted by Crippen LogP contribution is 2.32. The molecular weight excluding hydrogens is 282 g/mol. The Morgan fingerprint density at radius 1 is 1.23 bits per heavy atom. The minimum absolute atomic E-state index is 0.0595. The van der Waals surface area contributed by atoms with Crippen molar-refractivity contribution < 1.29 is 19.0 Å². The number of carbonyl (C=O) groups is 1. The van der Waals surface area contributed by atoms with Gasteiger partial charge in [0.05, 0.1) is 0 Å². The predicted molar refractivity (Wildman–Crippen MR) is 82.1 cm³/mol. The number of hydrogen-bond acceptors (Lipinski definition) is 4. The van der Waals surface area contributed by atoms with E-state index in [0.717, 1.165) is 29.9 Å². The summed E-state index contributed by atoms with van der Waals surface area (Å²) in [5.74, 6) is 1.62. The molecule has 0 bridgehead atoms. The third-order valence-corrected chi connectivity index (χ3v) is 4.31. The van der Waals surface area contributed by atoms with E-state index in [1.165, 1.54) is 12.8 Å². The number of rotatable bonds is 5. The van der Waals surface area contributed by atoms with E-state index in [2.05, 4.69) is 0 Å². The molecule has 0 atom stereocenters. The van der Waals surface area contributed by atoms with Crippen LogP contribution in [0.15, 0.2) is 18.2 Å². The maximum atomic E-state index is 12.4. The molecule has 120 valence electrons. The predicted octanol–water partition coefficient (Wildman–Crippen LogP) is 2.38. The maximum absolute atomic E-state index is 12.4. The number of amides is 1. The molecule has 3 rings (SSSR count). The van der Waals surface area contributed by atoms with Gasteiger partial charge in [0.1, 0.15) is 19.8 Å². The highest BCUT2D eigenvalue weighted by Gasteiger charge is 2.27. The topological polar surface area (TPSA) is 48.0 Å². The molecule has 0 radical (unpaired) electrons. The summed E-state index contributed by atoms with van der Waals surface area (Å²) in [4.78, 5) is 14.3. The molecule has 0 spiro atoms. The monoisotopic (exact) mass is 305 g/mol. The van der Waals surface area contributed by atoms with Crippen LogP contribution >= 0.6 is 0 Å². The Balaban J connectivity index is 1.75. The summed E-state index contributed by atoms with van der Waals surface area (Å²) in [5.41, 5.74) is 1.07. The Hall–Kier alpha value is -1.75. The molecule has 1 heterocycles. The van der Waals surface area contributed by atoms with Gasteiger partial charge in [-0.3, -0.25) is 4.79 Å². The fourth-order valence-electron chi connectivity index (χ4n) is 3.23. The third-order valence-electron chi connectivity index (χ3n) is 4.31. The normalized spacial score (nSPS) is 17.5. The molecule has 2 aliphatic rings. The zero-order valence-electron chi connectivity index (χ0n) is 13.0. The Morgan fingerprint density at radius 2 is 1.95 bits per heavy atom. The van der Waals surface area contributed by atoms with Crippen molar-refractivity contribution in [3.63, 3.8) is 0 Å². The molecule has 22 heavy (non-hydrogen) atoms. The number of ether oxygens (including phenoxy) is 3. The van der Waals surface area contributed by atoms with Crippen LogP contribution in [0.4, 0.5) is 0 Å². The number of carbonyl (C=O) groups excluding carboxylic acids is 1. The summed E-state index contributed by atoms with van der Waals surface area (Å²) in [7, 11) is 1.56. The van der Waals surface area contributed by atoms with Crippen LogP contribution in [0.1, 0.15) is 31.2 Å². The van der Waals surface area contributed by atoms with Crippen molar-refractivity contribution in [3.8, 4) is 11.5 Å². The van der Waals surface area contributed by atoms with Gasteiger partial charge in [-0.05, 0) is 30.5 Å². The zero-order chi connectivity index (χ0) is 15.4. The molecule has 1 fully saturated rings. The van der Waals surface area contributed by atoms with Crippen LogP contribution in [0.3, 0.4) is 0 Å². The Labute approximate surface area is 131 Å². The Bertz CT molecular complexity index is 525. The molecule has 1 aromatic carbocycles. The fourth-order valence-corrected chi connectivity index (χ4v) is 3.23. The summed E-state index contributed by atoms with van der Waals surface area (Å²) in [6.45, 7) is 1.91. The zero-order valence-corrected chi connectivity index (χ0v) is 13.0. The molecule has 1 aliphatic carbocycles. The van der Waals surface area contributed by atoms with Crippen LogP contribution in [-0.4, -0.2) is 43.8 Å². The van der Waals surface area contributed by atoms with Gasteiger partial charge in [0.15, 0.2) is 11.5 Å². The first-order valence-electron chi connectivity index (χ1n) is 7.95. The molecule has 0 saturated heterocycles. The van der Waals surface area contributed by atoms with E-state index in [4.69, 9.17) is 14.2 Å². The van der Waals surface area contributed by atoms with Crippen LogP contribution in [0.2, 0.25) is 0 Å². The maximum Gasteiger partial charge on any atom is 0.249 e. The standard InChI is InChI=1S/C17H23NO4/c1-20-12-17(19)18(14-4-2-3-5-14)11-13-6-7-15-16(10-13)22-9-8-21-15/h6-7,10,14H,2-5,8-9,11-12H2,1H3. The lowest BCUT2D eigenvalue weighted by molar-refractivity contribution is -0.138. The van der Waals surface area contributed by atoms with E-state index in [1.54, 1.807) is 7.11 Å². The molecule has 0 N–H and O–H groups in total. The largest absolute Gasteiger partial charge is 0.486 e. The number of fused-ring (bicyclic) bond motifs is 1. The molecule has 1 amide bonds. The number of hydrogen-bond donors (Lipinski definition) is 0. The molecule has 1 aliphatic heterocycles. The van der Waals surface area contributed by atoms with E-state index in [1.807, 2.05) is 23.1 Å². The van der Waals surface area contributed by atoms with E-state index < -0.39 is 0 Å². The van der Waals surface area contributed by atoms with Gasteiger partial charge in [-0.1, -0.05) is 18.9 Å². The highest BCUT2D eigenvalue weighted by atomic mass is 16.6. The highest BCUT2D eigenvalue weighted by molar-refractivity contribution is 5.77. The minimum atomic E-state index is 0.0595. The van der Waals surface area contributed by atoms with Crippen molar-refractivity contribution >= 4 is 5.91 Å². The van der Waals surface area contributed by atoms with E-state index in [9.17, 15) is 4.79 Å². The fraction of sp³-hybridized carbons (Fsp3) is 0.588. The number of methoxy groups -OCH3 is 1. The Kier molecular flexibility index (Phi) is 4.83. The molecule has 1 aromatic rings. The van der Waals surface area contributed by atoms with Crippen LogP contribution in [0.25, 0.3) is 0 Å². The molecule has 0 aromatic heterocycles. The van der Waals surface area contributed by atoms with Gasteiger partial charge in [0.25, 0.3) is 0 Å². The van der Waals surface area contributed by atoms with Crippen molar-refractivity contribution in [1.29, 1.82) is 0 Å². The first-order chi connectivity index (χ1) is 10.8. The molecule has 5 nitrogen and oxygen atoms in total. The minimum Gasteiger partial charge on any atom is -0.486 e. The second-order valence-corrected chi connectivity index (χ2v) is 5.87. The van der Waals surface area contributed by atoms with Crippen molar-refractivity contribution in [2.75, 3.05) is 26.9 Å². The van der Waals surface area contributed by atoms with Crippen molar-refractivity contribution in [1.82, 2.24) is 4.90 Å². The summed E-state index contributed by atoms with van der Waals surface area (Å²) < 4.78 is 16.2. The van der Waals surface area contributed by atoms with Crippen LogP contribution < -0.4 is 9.47 Å². The molecule has 1 saturated carbocycles. The van der Waals surface area contributed by atoms with Crippen LogP contribution in [-0.2, 0) is 16.1 Å². The van der Waals surface area contributed by atoms with Crippen molar-refractivity contribution in [2.45, 2.75) is 38.3 Å². The average Bonchev–Trinajstić information content (AvgIpc) is 3.06. The second kappa shape index (κ2) is 7.01. The third kappa shape index (κ3) is 3.35. The van der Waals surface area contributed by atoms with Gasteiger partial charge in [0.2, 0.25) is 5.91 Å². The first kappa shape index (κ1) is 15.2. The molecule has 0 unspecified atom stereocenters. The van der Waals surface area contributed by atoms with Crippen LogP contribution in [0.5, 0.6) is 11.5 Å². The second-order valence-electron chi connectivity index (χ2n) is 5.87. The Morgan fingerprint density at radius 3 is 2.68 bits per heavy atom. The van der Waals surface area contributed by atoms with E-state index in [-0.39, 0.29) is 12.5 Å². The number of nitrogens with zero attached hydrogens (tertiary/aromatic N) is 1. The van der Waals surface area contributed by atoms with Gasteiger partial charge >= 0.3 is 0 Å². The summed E-state index contributed by atoms with van der Waals surface area (Å²) >= 11 is 0. The lowest BCUT2D eigenvalue weighted by atomic mass is 10.1. The average molecular weight is 305 g/mol. The quantitative estimate of drug-likeness (QED) is 0.838. The number of benzene rings is 1. The van der Waals surface area contributed by atoms with Crippen molar-refractivity contribution in [3.05, 3.63) is 23.8 Å². The SMILES string of the molecule is COCC(=O)N(Cc1ccc2c(c1)OCCO2)C1CCCC1. The summed E-state index contributed by atoms with van der Waals surface area (Å²) in [6, 6.07) is 6.25. The van der Waals surface area contributed by atoms with Gasteiger partial charge < -0.3 is 19.1 Å². The first-order valence-corrected chi connectivity index (χ1v) is 7.95. The van der Waals surface area contributed by atoms with Gasteiger partial charge in [-0.15, -0.1) is 0 Å². The summed E-state index contributed by atoms with van der Waals surface area (Å²) in [5, 5.41) is 0. The van der Waals surface area contributed by atoms with Gasteiger partial charge in [-0.25, -0.2) is 0 Å². The summed E-state index contributed by atoms with van der Waals surface area (Å²) in [6.07, 6.45) is 4.56. The van der Waals surface area contributed by atoms with Gasteiger partial charge in [0, 0.05) is 19.7 Å². The molecular formula is C17H23NO4. The van der Waals surface area contributed by atoms with E-state index >= 15 is 0 Å². The molecule has 5 heteroatoms. The van der Waals surface area contributed by atoms with Gasteiger partial charge in [-0.2, -0.15) is 0 Å². The van der Waals surface area contributed by atoms with Crippen molar-refractivity contribution in [2.24, 2.45) is 0 Å². The smallest absolute Gasteiger partial charge is 0.249 e. The lowest BCUT2D eigenvalue weighted by Crippen LogP contribution is -2.40. The van der Waals surface area contributed by atoms with Crippen LogP contribution in [0, 0.1) is 0 Å².